The van der Waals surface area contributed by atoms with Crippen LogP contribution >= 0.6 is 11.6 Å². The Balaban J connectivity index is 1.63. The van der Waals surface area contributed by atoms with Crippen molar-refractivity contribution >= 4 is 40.1 Å². The van der Waals surface area contributed by atoms with Gasteiger partial charge in [0, 0.05) is 36.6 Å². The first kappa shape index (κ1) is 15.2. The summed E-state index contributed by atoms with van der Waals surface area (Å²) in [6.07, 6.45) is 0. The molecule has 4 rings (SSSR count). The third-order valence-corrected chi connectivity index (χ3v) is 5.08. The summed E-state index contributed by atoms with van der Waals surface area (Å²) in [5.74, 6) is -0.0642. The van der Waals surface area contributed by atoms with E-state index >= 15 is 0 Å². The zero-order valence-electron chi connectivity index (χ0n) is 13.3. The van der Waals surface area contributed by atoms with Gasteiger partial charge >= 0.3 is 11.8 Å². The lowest BCUT2D eigenvalue weighted by Gasteiger charge is -2.43. The number of aryl methyl sites for hydroxylation is 1. The number of piperazine rings is 2. The summed E-state index contributed by atoms with van der Waals surface area (Å²) < 4.78 is 0. The van der Waals surface area contributed by atoms with E-state index in [0.717, 1.165) is 22.3 Å². The predicted molar refractivity (Wildman–Crippen MR) is 92.2 cm³/mol. The van der Waals surface area contributed by atoms with Gasteiger partial charge in [0.2, 0.25) is 0 Å². The number of benzene rings is 1. The molecule has 2 amide bonds. The number of carbonyl (C=O) groups excluding carboxylic acids is 2. The van der Waals surface area contributed by atoms with E-state index in [1.807, 2.05) is 31.2 Å². The molecule has 1 aromatic carbocycles. The van der Waals surface area contributed by atoms with Crippen LogP contribution in [0.15, 0.2) is 24.3 Å². The summed E-state index contributed by atoms with van der Waals surface area (Å²) >= 11 is 6.25. The van der Waals surface area contributed by atoms with E-state index in [0.29, 0.717) is 31.2 Å². The number of halogens is 1. The fraction of sp³-hybridized carbons (Fsp3) is 0.353. The lowest BCUT2D eigenvalue weighted by Crippen LogP contribution is -2.65. The van der Waals surface area contributed by atoms with Gasteiger partial charge in [-0.3, -0.25) is 9.59 Å². The van der Waals surface area contributed by atoms with E-state index < -0.39 is 11.8 Å². The average Bonchev–Trinajstić information content (AvgIpc) is 2.61. The number of pyridine rings is 1. The highest BCUT2D eigenvalue weighted by Gasteiger charge is 2.37. The normalized spacial score (nSPS) is 21.0. The van der Waals surface area contributed by atoms with E-state index in [9.17, 15) is 9.59 Å². The summed E-state index contributed by atoms with van der Waals surface area (Å²) in [6.45, 7) is 4.35. The second kappa shape index (κ2) is 5.63. The van der Waals surface area contributed by atoms with E-state index in [1.54, 1.807) is 4.90 Å². The molecule has 3 heterocycles. The van der Waals surface area contributed by atoms with Crippen molar-refractivity contribution in [2.45, 2.75) is 13.0 Å². The van der Waals surface area contributed by atoms with Crippen molar-refractivity contribution < 1.29 is 9.59 Å². The van der Waals surface area contributed by atoms with E-state index in [1.165, 1.54) is 0 Å². The molecule has 1 atom stereocenters. The molecule has 1 unspecified atom stereocenters. The zero-order chi connectivity index (χ0) is 16.8. The van der Waals surface area contributed by atoms with Crippen LogP contribution in [0.3, 0.4) is 0 Å². The largest absolute Gasteiger partial charge is 0.353 e. The number of anilines is 1. The number of nitrogens with one attached hydrogen (secondary N) is 1. The van der Waals surface area contributed by atoms with Crippen LogP contribution in [0, 0.1) is 6.92 Å². The number of amides is 2. The molecule has 2 aromatic rings. The molecule has 2 aliphatic heterocycles. The summed E-state index contributed by atoms with van der Waals surface area (Å²) in [6, 6.07) is 7.80. The standard InChI is InChI=1S/C17H17ClN4O2/c1-10-2-4-13(18)12-3-5-14(20-15(10)12)21-6-7-22-11(9-21)8-19-16(23)17(22)24/h2-5,11H,6-9H2,1H3,(H,19,23). The molecular formula is C17H17ClN4O2. The van der Waals surface area contributed by atoms with Crippen LogP contribution in [0.1, 0.15) is 5.56 Å². The Morgan fingerprint density at radius 3 is 2.88 bits per heavy atom. The molecule has 7 heteroatoms. The van der Waals surface area contributed by atoms with Gasteiger partial charge in [-0.1, -0.05) is 17.7 Å². The minimum Gasteiger partial charge on any atom is -0.353 e. The molecule has 0 spiro atoms. The Morgan fingerprint density at radius 2 is 2.04 bits per heavy atom. The second-order valence-corrected chi connectivity index (χ2v) is 6.65. The number of hydrogen-bond donors (Lipinski definition) is 1. The minimum atomic E-state index is -0.506. The number of aromatic nitrogens is 1. The number of carbonyl (C=O) groups is 2. The van der Waals surface area contributed by atoms with Crippen molar-refractivity contribution in [3.05, 3.63) is 34.9 Å². The minimum absolute atomic E-state index is 0.0121. The van der Waals surface area contributed by atoms with E-state index in [4.69, 9.17) is 16.6 Å². The van der Waals surface area contributed by atoms with Crippen molar-refractivity contribution in [3.63, 3.8) is 0 Å². The molecule has 124 valence electrons. The van der Waals surface area contributed by atoms with Gasteiger partial charge in [-0.2, -0.15) is 0 Å². The molecule has 6 nitrogen and oxygen atoms in total. The van der Waals surface area contributed by atoms with Gasteiger partial charge in [0.15, 0.2) is 0 Å². The SMILES string of the molecule is Cc1ccc(Cl)c2ccc(N3CCN4C(=O)C(=O)NCC4C3)nc12. The average molecular weight is 345 g/mol. The van der Waals surface area contributed by atoms with Gasteiger partial charge in [-0.15, -0.1) is 0 Å². The van der Waals surface area contributed by atoms with Crippen LogP contribution in [0.5, 0.6) is 0 Å². The predicted octanol–water partition coefficient (Wildman–Crippen LogP) is 1.34. The molecule has 24 heavy (non-hydrogen) atoms. The first-order chi connectivity index (χ1) is 11.5. The summed E-state index contributed by atoms with van der Waals surface area (Å²) in [4.78, 5) is 32.0. The summed E-state index contributed by atoms with van der Waals surface area (Å²) in [5, 5.41) is 4.29. The molecule has 2 aliphatic rings. The Hall–Kier alpha value is -2.34. The molecule has 0 aliphatic carbocycles. The second-order valence-electron chi connectivity index (χ2n) is 6.24. The molecule has 2 fully saturated rings. The van der Waals surface area contributed by atoms with Crippen LogP contribution < -0.4 is 10.2 Å². The number of hydrogen-bond acceptors (Lipinski definition) is 4. The van der Waals surface area contributed by atoms with Crippen LogP contribution in [0.2, 0.25) is 5.02 Å². The van der Waals surface area contributed by atoms with Gasteiger partial charge in [-0.05, 0) is 30.7 Å². The molecule has 2 saturated heterocycles. The van der Waals surface area contributed by atoms with Gasteiger partial charge in [0.05, 0.1) is 11.6 Å². The number of nitrogens with zero attached hydrogens (tertiary/aromatic N) is 3. The van der Waals surface area contributed by atoms with Gasteiger partial charge in [0.25, 0.3) is 0 Å². The smallest absolute Gasteiger partial charge is 0.312 e. The van der Waals surface area contributed by atoms with Crippen LogP contribution in [0.4, 0.5) is 5.82 Å². The molecule has 0 bridgehead atoms. The first-order valence-corrected chi connectivity index (χ1v) is 8.32. The van der Waals surface area contributed by atoms with Crippen molar-refractivity contribution in [2.75, 3.05) is 31.1 Å². The van der Waals surface area contributed by atoms with Crippen molar-refractivity contribution in [2.24, 2.45) is 0 Å². The van der Waals surface area contributed by atoms with E-state index in [-0.39, 0.29) is 6.04 Å². The van der Waals surface area contributed by atoms with Gasteiger partial charge in [-0.25, -0.2) is 4.98 Å². The monoisotopic (exact) mass is 344 g/mol. The lowest BCUT2D eigenvalue weighted by atomic mass is 10.1. The van der Waals surface area contributed by atoms with Gasteiger partial charge < -0.3 is 15.1 Å². The Bertz CT molecular complexity index is 854. The zero-order valence-corrected chi connectivity index (χ0v) is 14.0. The van der Waals surface area contributed by atoms with Gasteiger partial charge in [0.1, 0.15) is 5.82 Å². The summed E-state index contributed by atoms with van der Waals surface area (Å²) in [7, 11) is 0. The molecule has 1 aromatic heterocycles. The highest BCUT2D eigenvalue weighted by atomic mass is 35.5. The van der Waals surface area contributed by atoms with E-state index in [2.05, 4.69) is 10.2 Å². The van der Waals surface area contributed by atoms with Crippen LogP contribution in [-0.4, -0.2) is 53.9 Å². The molecule has 1 N–H and O–H groups in total. The molecular weight excluding hydrogens is 328 g/mol. The van der Waals surface area contributed by atoms with Crippen molar-refractivity contribution in [3.8, 4) is 0 Å². The third-order valence-electron chi connectivity index (χ3n) is 4.75. The Labute approximate surface area is 144 Å². The molecule has 0 saturated carbocycles. The number of fused-ring (bicyclic) bond motifs is 2. The quantitative estimate of drug-likeness (QED) is 0.793. The fourth-order valence-corrected chi connectivity index (χ4v) is 3.62. The maximum absolute atomic E-state index is 11.9. The van der Waals surface area contributed by atoms with Crippen molar-refractivity contribution in [1.82, 2.24) is 15.2 Å². The number of rotatable bonds is 1. The van der Waals surface area contributed by atoms with Crippen molar-refractivity contribution in [1.29, 1.82) is 0 Å². The highest BCUT2D eigenvalue weighted by molar-refractivity contribution is 6.36. The Morgan fingerprint density at radius 1 is 1.21 bits per heavy atom. The topological polar surface area (TPSA) is 65.5 Å². The molecule has 0 radical (unpaired) electrons. The maximum atomic E-state index is 11.9. The van der Waals surface area contributed by atoms with Crippen LogP contribution in [-0.2, 0) is 9.59 Å². The van der Waals surface area contributed by atoms with Crippen LogP contribution in [0.25, 0.3) is 10.9 Å². The fourth-order valence-electron chi connectivity index (χ4n) is 3.41. The first-order valence-electron chi connectivity index (χ1n) is 7.94. The maximum Gasteiger partial charge on any atom is 0.312 e. The summed E-state index contributed by atoms with van der Waals surface area (Å²) in [5.41, 5.74) is 1.98. The highest BCUT2D eigenvalue weighted by Crippen LogP contribution is 2.28. The Kier molecular flexibility index (Phi) is 3.57. The third kappa shape index (κ3) is 2.38. The lowest BCUT2D eigenvalue weighted by molar-refractivity contribution is -0.150.